The second-order valence-corrected chi connectivity index (χ2v) is 10.4. The fourth-order valence-electron chi connectivity index (χ4n) is 5.37. The molecule has 0 radical (unpaired) electrons. The number of methoxy groups -OCH3 is 2. The van der Waals surface area contributed by atoms with Crippen LogP contribution in [-0.2, 0) is 11.3 Å². The number of rotatable bonds is 10. The van der Waals surface area contributed by atoms with Gasteiger partial charge in [-0.1, -0.05) is 78.9 Å². The lowest BCUT2D eigenvalue weighted by atomic mass is 9.85. The average Bonchev–Trinajstić information content (AvgIpc) is 3.06. The number of ether oxygens (including phenoxy) is 3. The van der Waals surface area contributed by atoms with E-state index in [-0.39, 0.29) is 0 Å². The van der Waals surface area contributed by atoms with E-state index in [4.69, 9.17) is 14.2 Å². The van der Waals surface area contributed by atoms with Gasteiger partial charge in [0.25, 0.3) is 0 Å². The molecule has 0 saturated carbocycles. The molecule has 0 aliphatic carbocycles. The molecule has 1 heterocycles. The minimum atomic E-state index is -1.38. The highest BCUT2D eigenvalue weighted by Gasteiger charge is 2.43. The predicted octanol–water partition coefficient (Wildman–Crippen LogP) is 3.60. The van der Waals surface area contributed by atoms with Gasteiger partial charge in [0.05, 0.1) is 26.9 Å². The van der Waals surface area contributed by atoms with Crippen LogP contribution in [0.5, 0.6) is 11.5 Å². The maximum Gasteiger partial charge on any atom is 0.173 e. The second kappa shape index (κ2) is 14.0. The van der Waals surface area contributed by atoms with Gasteiger partial charge >= 0.3 is 0 Å². The van der Waals surface area contributed by atoms with Gasteiger partial charge in [-0.15, -0.1) is 0 Å². The van der Waals surface area contributed by atoms with E-state index in [9.17, 15) is 20.4 Å². The molecule has 8 nitrogen and oxygen atoms in total. The maximum absolute atomic E-state index is 10.5. The summed E-state index contributed by atoms with van der Waals surface area (Å²) in [7, 11) is 3.30. The maximum atomic E-state index is 10.5. The molecule has 1 saturated heterocycles. The Morgan fingerprint density at radius 3 is 1.58 bits per heavy atom. The third-order valence-corrected chi connectivity index (χ3v) is 7.75. The summed E-state index contributed by atoms with van der Waals surface area (Å²) in [6.45, 7) is -0.192. The molecular weight excluding hydrogens is 546 g/mol. The quantitative estimate of drug-likeness (QED) is 0.180. The molecule has 5 N–H and O–H groups in total. The molecule has 5 rings (SSSR count). The van der Waals surface area contributed by atoms with E-state index in [1.165, 1.54) is 0 Å². The highest BCUT2D eigenvalue weighted by atomic mass is 16.6. The first-order chi connectivity index (χ1) is 20.9. The molecule has 5 atom stereocenters. The number of benzene rings is 4. The lowest BCUT2D eigenvalue weighted by Gasteiger charge is -2.40. The number of hydrogen-bond donors (Lipinski definition) is 5. The van der Waals surface area contributed by atoms with Gasteiger partial charge in [-0.3, -0.25) is 0 Å². The van der Waals surface area contributed by atoms with E-state index in [0.717, 1.165) is 50.5 Å². The van der Waals surface area contributed by atoms with Crippen LogP contribution < -0.4 is 14.8 Å². The minimum absolute atomic E-state index is 0.313. The monoisotopic (exact) mass is 583 g/mol. The molecule has 1 aliphatic heterocycles. The van der Waals surface area contributed by atoms with Crippen molar-refractivity contribution in [2.75, 3.05) is 20.8 Å². The molecule has 1 fully saturated rings. The first-order valence-electron chi connectivity index (χ1n) is 14.1. The van der Waals surface area contributed by atoms with Crippen LogP contribution in [0, 0.1) is 0 Å². The third-order valence-electron chi connectivity index (χ3n) is 7.75. The Hall–Kier alpha value is -4.02. The predicted molar refractivity (Wildman–Crippen MR) is 164 cm³/mol. The third kappa shape index (κ3) is 6.81. The van der Waals surface area contributed by atoms with Gasteiger partial charge in [0.15, 0.2) is 6.29 Å². The topological polar surface area (TPSA) is 121 Å². The first kappa shape index (κ1) is 30.4. The summed E-state index contributed by atoms with van der Waals surface area (Å²) in [5, 5.41) is 43.5. The summed E-state index contributed by atoms with van der Waals surface area (Å²) in [6, 6.07) is 33.4. The molecule has 224 valence electrons. The van der Waals surface area contributed by atoms with Gasteiger partial charge in [-0.2, -0.15) is 0 Å². The molecule has 0 amide bonds. The Morgan fingerprint density at radius 1 is 0.651 bits per heavy atom. The van der Waals surface area contributed by atoms with Crippen molar-refractivity contribution < 1.29 is 34.6 Å². The zero-order chi connectivity index (χ0) is 30.3. The Kier molecular flexibility index (Phi) is 9.89. The molecule has 8 heteroatoms. The molecule has 0 aromatic heterocycles. The van der Waals surface area contributed by atoms with E-state index in [1.54, 1.807) is 14.2 Å². The summed E-state index contributed by atoms with van der Waals surface area (Å²) in [5.41, 5.74) is 7.09. The van der Waals surface area contributed by atoms with Crippen molar-refractivity contribution >= 4 is 11.1 Å². The molecule has 0 unspecified atom stereocenters. The van der Waals surface area contributed by atoms with Gasteiger partial charge in [0.2, 0.25) is 0 Å². The van der Waals surface area contributed by atoms with Gasteiger partial charge in [-0.25, -0.2) is 0 Å². The number of aliphatic hydroxyl groups excluding tert-OH is 4. The van der Waals surface area contributed by atoms with Crippen molar-refractivity contribution in [3.05, 3.63) is 131 Å². The molecule has 4 aromatic rings. The Bertz CT molecular complexity index is 1440. The van der Waals surface area contributed by atoms with E-state index < -0.39 is 37.3 Å². The van der Waals surface area contributed by atoms with Gasteiger partial charge in [0.1, 0.15) is 29.8 Å². The minimum Gasteiger partial charge on any atom is -0.497 e. The van der Waals surface area contributed by atoms with E-state index in [1.807, 2.05) is 66.7 Å². The van der Waals surface area contributed by atoms with E-state index in [0.29, 0.717) is 6.54 Å². The highest BCUT2D eigenvalue weighted by Crippen LogP contribution is 2.38. The largest absolute Gasteiger partial charge is 0.497 e. The SMILES string of the molecule is COc1ccc(C(=C(c2ccccc2)c2ccc(CN[C@@H]3[C@@H](O)[C@H](O)[C@@H](CO)O[C@@H]3O)cc2)c2ccc(OC)cc2)cc1. The zero-order valence-corrected chi connectivity index (χ0v) is 24.1. The average molecular weight is 584 g/mol. The van der Waals surface area contributed by atoms with Crippen molar-refractivity contribution in [3.8, 4) is 11.5 Å². The van der Waals surface area contributed by atoms with Crippen LogP contribution in [0.2, 0.25) is 0 Å². The molecule has 43 heavy (non-hydrogen) atoms. The molecule has 4 aromatic carbocycles. The Labute approximate surface area is 251 Å². The molecular formula is C35H37NO7. The fraction of sp³-hybridized carbons (Fsp3) is 0.257. The Balaban J connectivity index is 1.52. The second-order valence-electron chi connectivity index (χ2n) is 10.4. The van der Waals surface area contributed by atoms with Crippen LogP contribution in [0.15, 0.2) is 103 Å². The zero-order valence-electron chi connectivity index (χ0n) is 24.1. The number of aliphatic hydroxyl groups is 4. The standard InChI is InChI=1S/C35H37NO7/c1-41-27-16-12-25(13-17-27)31(26-14-18-28(42-2)19-15-26)30(23-6-4-3-5-7-23)24-10-8-22(9-11-24)20-36-32-34(39)33(38)29(21-37)43-35(32)40/h3-19,29,32-40H,20-21H2,1-2H3/t29-,32-,33-,34-,35+/m1/s1. The lowest BCUT2D eigenvalue weighted by Crippen LogP contribution is -2.63. The van der Waals surface area contributed by atoms with Crippen LogP contribution in [0.25, 0.3) is 11.1 Å². The van der Waals surface area contributed by atoms with Gasteiger partial charge in [-0.05, 0) is 63.2 Å². The Morgan fingerprint density at radius 2 is 1.12 bits per heavy atom. The van der Waals surface area contributed by atoms with Crippen molar-refractivity contribution in [3.63, 3.8) is 0 Å². The summed E-state index contributed by atoms with van der Waals surface area (Å²) in [5.74, 6) is 1.54. The van der Waals surface area contributed by atoms with Crippen LogP contribution in [0.3, 0.4) is 0 Å². The fourth-order valence-corrected chi connectivity index (χ4v) is 5.37. The summed E-state index contributed by atoms with van der Waals surface area (Å²) >= 11 is 0. The molecule has 1 aliphatic rings. The summed E-state index contributed by atoms with van der Waals surface area (Å²) in [6.07, 6.45) is -5.04. The van der Waals surface area contributed by atoms with Crippen molar-refractivity contribution in [1.29, 1.82) is 0 Å². The molecule has 0 spiro atoms. The first-order valence-corrected chi connectivity index (χ1v) is 14.1. The smallest absolute Gasteiger partial charge is 0.173 e. The van der Waals surface area contributed by atoms with E-state index >= 15 is 0 Å². The van der Waals surface area contributed by atoms with Crippen molar-refractivity contribution in [2.24, 2.45) is 0 Å². The number of hydrogen-bond acceptors (Lipinski definition) is 8. The van der Waals surface area contributed by atoms with Gasteiger partial charge in [0, 0.05) is 6.54 Å². The van der Waals surface area contributed by atoms with Crippen molar-refractivity contribution in [2.45, 2.75) is 37.2 Å². The highest BCUT2D eigenvalue weighted by molar-refractivity contribution is 6.04. The lowest BCUT2D eigenvalue weighted by molar-refractivity contribution is -0.254. The van der Waals surface area contributed by atoms with E-state index in [2.05, 4.69) is 41.7 Å². The van der Waals surface area contributed by atoms with Crippen LogP contribution >= 0.6 is 0 Å². The normalized spacial score (nSPS) is 21.7. The summed E-state index contributed by atoms with van der Waals surface area (Å²) < 4.78 is 16.1. The number of nitrogens with one attached hydrogen (secondary N) is 1. The van der Waals surface area contributed by atoms with Crippen LogP contribution in [0.4, 0.5) is 0 Å². The van der Waals surface area contributed by atoms with Gasteiger partial charge < -0.3 is 40.0 Å². The van der Waals surface area contributed by atoms with Crippen LogP contribution in [0.1, 0.15) is 27.8 Å². The van der Waals surface area contributed by atoms with Crippen molar-refractivity contribution in [1.82, 2.24) is 5.32 Å². The van der Waals surface area contributed by atoms with Crippen LogP contribution in [-0.4, -0.2) is 71.9 Å². The molecule has 0 bridgehead atoms. The summed E-state index contributed by atoms with van der Waals surface area (Å²) in [4.78, 5) is 0.